The molecule has 0 aromatic rings. The molecule has 12 heavy (non-hydrogen) atoms. The zero-order chi connectivity index (χ0) is 9.40. The van der Waals surface area contributed by atoms with Crippen molar-refractivity contribution in [1.29, 1.82) is 0 Å². The van der Waals surface area contributed by atoms with E-state index >= 15 is 0 Å². The maximum atomic E-state index is 11.2. The van der Waals surface area contributed by atoms with E-state index in [-0.39, 0.29) is 11.9 Å². The number of hydrogen-bond donors (Lipinski definition) is 1. The van der Waals surface area contributed by atoms with E-state index in [9.17, 15) is 4.79 Å². The highest BCUT2D eigenvalue weighted by Crippen LogP contribution is 2.08. The maximum absolute atomic E-state index is 11.2. The summed E-state index contributed by atoms with van der Waals surface area (Å²) in [6.07, 6.45) is 2.99. The molecule has 1 atom stereocenters. The second-order valence-electron chi connectivity index (χ2n) is 2.83. The Hall–Kier alpha value is -0.570. The van der Waals surface area contributed by atoms with Crippen LogP contribution in [0, 0.1) is 5.92 Å². The lowest BCUT2D eigenvalue weighted by molar-refractivity contribution is -0.147. The molecule has 0 aliphatic carbocycles. The minimum Gasteiger partial charge on any atom is -0.466 e. The van der Waals surface area contributed by atoms with E-state index in [4.69, 9.17) is 10.5 Å². The van der Waals surface area contributed by atoms with Crippen molar-refractivity contribution in [3.8, 4) is 0 Å². The van der Waals surface area contributed by atoms with Crippen LogP contribution in [0.25, 0.3) is 0 Å². The minimum atomic E-state index is -0.145. The molecule has 0 amide bonds. The summed E-state index contributed by atoms with van der Waals surface area (Å²) in [5, 5.41) is 0. The molecule has 0 unspecified atom stereocenters. The van der Waals surface area contributed by atoms with Crippen LogP contribution in [0.4, 0.5) is 0 Å². The molecule has 0 bridgehead atoms. The van der Waals surface area contributed by atoms with Crippen LogP contribution in [0.5, 0.6) is 0 Å². The predicted octanol–water partition coefficient (Wildman–Crippen LogP) is 1.31. The molecule has 0 fully saturated rings. The molecule has 0 radical (unpaired) electrons. The Morgan fingerprint density at radius 2 is 2.17 bits per heavy atom. The second-order valence-corrected chi connectivity index (χ2v) is 2.83. The van der Waals surface area contributed by atoms with Gasteiger partial charge in [-0.2, -0.15) is 0 Å². The van der Waals surface area contributed by atoms with Crippen molar-refractivity contribution in [3.63, 3.8) is 0 Å². The molecular weight excluding hydrogens is 154 g/mol. The number of rotatable bonds is 6. The monoisotopic (exact) mass is 173 g/mol. The molecule has 3 nitrogen and oxygen atoms in total. The summed E-state index contributed by atoms with van der Waals surface area (Å²) in [5.41, 5.74) is 5.44. The van der Waals surface area contributed by atoms with Crippen LogP contribution in [-0.4, -0.2) is 19.1 Å². The number of esters is 1. The van der Waals surface area contributed by atoms with E-state index in [2.05, 4.69) is 6.92 Å². The van der Waals surface area contributed by atoms with Crippen molar-refractivity contribution < 1.29 is 9.53 Å². The Balaban J connectivity index is 3.71. The first-order chi connectivity index (χ1) is 5.76. The molecule has 0 aromatic carbocycles. The lowest BCUT2D eigenvalue weighted by Crippen LogP contribution is -2.25. The largest absolute Gasteiger partial charge is 0.466 e. The van der Waals surface area contributed by atoms with Gasteiger partial charge in [0.15, 0.2) is 0 Å². The lowest BCUT2D eigenvalue weighted by atomic mass is 10.0. The third-order valence-electron chi connectivity index (χ3n) is 1.81. The summed E-state index contributed by atoms with van der Waals surface area (Å²) in [4.78, 5) is 11.2. The third kappa shape index (κ3) is 4.34. The molecule has 0 aromatic heterocycles. The van der Waals surface area contributed by atoms with Gasteiger partial charge in [0, 0.05) is 6.54 Å². The molecule has 0 saturated carbocycles. The smallest absolute Gasteiger partial charge is 0.310 e. The molecule has 0 spiro atoms. The summed E-state index contributed by atoms with van der Waals surface area (Å²) in [5.74, 6) is -0.238. The average Bonchev–Trinajstić information content (AvgIpc) is 2.06. The molecule has 0 heterocycles. The molecule has 0 rings (SSSR count). The standard InChI is InChI=1S/C9H19NO2/c1-3-5-6-8(7-10)9(11)12-4-2/h8H,3-7,10H2,1-2H3/t8-/m1/s1. The van der Waals surface area contributed by atoms with E-state index in [1.165, 1.54) is 0 Å². The second kappa shape index (κ2) is 7.10. The third-order valence-corrected chi connectivity index (χ3v) is 1.81. The van der Waals surface area contributed by atoms with Crippen molar-refractivity contribution in [2.75, 3.05) is 13.2 Å². The summed E-state index contributed by atoms with van der Waals surface area (Å²) in [6.45, 7) is 4.75. The average molecular weight is 173 g/mol. The Bertz CT molecular complexity index is 126. The molecule has 0 saturated heterocycles. The summed E-state index contributed by atoms with van der Waals surface area (Å²) in [7, 11) is 0. The maximum Gasteiger partial charge on any atom is 0.310 e. The predicted molar refractivity (Wildman–Crippen MR) is 48.7 cm³/mol. The zero-order valence-electron chi connectivity index (χ0n) is 8.01. The first-order valence-electron chi connectivity index (χ1n) is 4.62. The molecule has 0 aliphatic rings. The van der Waals surface area contributed by atoms with Crippen molar-refractivity contribution >= 4 is 5.97 Å². The number of hydrogen-bond acceptors (Lipinski definition) is 3. The Labute approximate surface area is 74.3 Å². The van der Waals surface area contributed by atoms with Crippen LogP contribution in [0.3, 0.4) is 0 Å². The van der Waals surface area contributed by atoms with Crippen molar-refractivity contribution in [3.05, 3.63) is 0 Å². The Kier molecular flexibility index (Phi) is 6.76. The van der Waals surface area contributed by atoms with Gasteiger partial charge in [-0.05, 0) is 13.3 Å². The van der Waals surface area contributed by atoms with Crippen LogP contribution >= 0.6 is 0 Å². The minimum absolute atomic E-state index is 0.0927. The number of ether oxygens (including phenoxy) is 1. The fourth-order valence-corrected chi connectivity index (χ4v) is 1.04. The molecular formula is C9H19NO2. The zero-order valence-corrected chi connectivity index (χ0v) is 8.01. The Morgan fingerprint density at radius 3 is 2.58 bits per heavy atom. The van der Waals surface area contributed by atoms with Crippen LogP contribution in [-0.2, 0) is 9.53 Å². The topological polar surface area (TPSA) is 52.3 Å². The lowest BCUT2D eigenvalue weighted by Gasteiger charge is -2.11. The van der Waals surface area contributed by atoms with Crippen LogP contribution in [0.2, 0.25) is 0 Å². The van der Waals surface area contributed by atoms with E-state index in [0.29, 0.717) is 13.2 Å². The summed E-state index contributed by atoms with van der Waals surface area (Å²) >= 11 is 0. The van der Waals surface area contributed by atoms with Gasteiger partial charge in [0.2, 0.25) is 0 Å². The van der Waals surface area contributed by atoms with Gasteiger partial charge in [-0.25, -0.2) is 0 Å². The highest BCUT2D eigenvalue weighted by molar-refractivity contribution is 5.72. The number of carbonyl (C=O) groups is 1. The first-order valence-corrected chi connectivity index (χ1v) is 4.62. The van der Waals surface area contributed by atoms with E-state index < -0.39 is 0 Å². The fourth-order valence-electron chi connectivity index (χ4n) is 1.04. The van der Waals surface area contributed by atoms with Crippen LogP contribution < -0.4 is 5.73 Å². The molecule has 3 heteroatoms. The fraction of sp³-hybridized carbons (Fsp3) is 0.889. The van der Waals surface area contributed by atoms with Gasteiger partial charge in [0.1, 0.15) is 0 Å². The molecule has 72 valence electrons. The van der Waals surface area contributed by atoms with Crippen LogP contribution in [0.15, 0.2) is 0 Å². The van der Waals surface area contributed by atoms with E-state index in [0.717, 1.165) is 19.3 Å². The van der Waals surface area contributed by atoms with E-state index in [1.807, 2.05) is 6.92 Å². The normalized spacial score (nSPS) is 12.6. The van der Waals surface area contributed by atoms with E-state index in [1.54, 1.807) is 0 Å². The van der Waals surface area contributed by atoms with Crippen molar-refractivity contribution in [1.82, 2.24) is 0 Å². The van der Waals surface area contributed by atoms with Crippen molar-refractivity contribution in [2.45, 2.75) is 33.1 Å². The van der Waals surface area contributed by atoms with Gasteiger partial charge in [-0.15, -0.1) is 0 Å². The summed E-state index contributed by atoms with van der Waals surface area (Å²) < 4.78 is 4.87. The highest BCUT2D eigenvalue weighted by atomic mass is 16.5. The quantitative estimate of drug-likeness (QED) is 0.616. The van der Waals surface area contributed by atoms with Gasteiger partial charge < -0.3 is 10.5 Å². The van der Waals surface area contributed by atoms with Gasteiger partial charge in [0.05, 0.1) is 12.5 Å². The molecule has 0 aliphatic heterocycles. The van der Waals surface area contributed by atoms with Gasteiger partial charge in [-0.1, -0.05) is 19.8 Å². The molecule has 2 N–H and O–H groups in total. The van der Waals surface area contributed by atoms with Crippen molar-refractivity contribution in [2.24, 2.45) is 11.7 Å². The number of unbranched alkanes of at least 4 members (excludes halogenated alkanes) is 1. The first kappa shape index (κ1) is 11.4. The van der Waals surface area contributed by atoms with Gasteiger partial charge in [0.25, 0.3) is 0 Å². The van der Waals surface area contributed by atoms with Gasteiger partial charge in [-0.3, -0.25) is 4.79 Å². The van der Waals surface area contributed by atoms with Crippen LogP contribution in [0.1, 0.15) is 33.1 Å². The number of carbonyl (C=O) groups excluding carboxylic acids is 1. The highest BCUT2D eigenvalue weighted by Gasteiger charge is 2.16. The summed E-state index contributed by atoms with van der Waals surface area (Å²) in [6, 6.07) is 0. The SMILES string of the molecule is CCCC[C@H](CN)C(=O)OCC. The Morgan fingerprint density at radius 1 is 1.50 bits per heavy atom. The number of nitrogens with two attached hydrogens (primary N) is 1. The van der Waals surface area contributed by atoms with Gasteiger partial charge >= 0.3 is 5.97 Å².